The number of fused-ring (bicyclic) bond motifs is 1. The van der Waals surface area contributed by atoms with Crippen LogP contribution in [-0.2, 0) is 0 Å². The number of benzene rings is 1. The molecule has 0 spiro atoms. The van der Waals surface area contributed by atoms with Crippen LogP contribution in [0.2, 0.25) is 5.02 Å². The van der Waals surface area contributed by atoms with Gasteiger partial charge in [0.1, 0.15) is 11.0 Å². The van der Waals surface area contributed by atoms with Crippen LogP contribution < -0.4 is 5.73 Å². The molecule has 0 saturated carbocycles. The van der Waals surface area contributed by atoms with E-state index in [9.17, 15) is 0 Å². The van der Waals surface area contributed by atoms with Gasteiger partial charge in [-0.2, -0.15) is 8.75 Å². The number of nitrogens with two attached hydrogens (primary N) is 1. The number of nitrogen functional groups attached to an aromatic ring is 1. The Balaban J connectivity index is 2.91. The molecule has 2 N–H and O–H groups in total. The molecule has 1 aromatic carbocycles. The highest BCUT2D eigenvalue weighted by Crippen LogP contribution is 2.23. The fourth-order valence-corrected chi connectivity index (χ4v) is 1.65. The van der Waals surface area contributed by atoms with Crippen LogP contribution in [0.15, 0.2) is 12.1 Å². The average molecular weight is 186 g/mol. The number of rotatable bonds is 0. The zero-order valence-electron chi connectivity index (χ0n) is 5.41. The van der Waals surface area contributed by atoms with Gasteiger partial charge < -0.3 is 5.73 Å². The van der Waals surface area contributed by atoms with Crippen molar-refractivity contribution in [3.63, 3.8) is 0 Å². The van der Waals surface area contributed by atoms with Crippen molar-refractivity contribution >= 4 is 40.0 Å². The van der Waals surface area contributed by atoms with Gasteiger partial charge in [0.2, 0.25) is 0 Å². The molecular formula is C6H4ClN3S. The van der Waals surface area contributed by atoms with Crippen molar-refractivity contribution in [1.29, 1.82) is 0 Å². The Kier molecular flexibility index (Phi) is 1.44. The number of halogens is 1. The number of hydrogen-bond acceptors (Lipinski definition) is 4. The fourth-order valence-electron chi connectivity index (χ4n) is 0.880. The molecular weight excluding hydrogens is 182 g/mol. The smallest absolute Gasteiger partial charge is 0.127 e. The SMILES string of the molecule is Nc1cc(Cl)cc2nsnc12. The molecule has 5 heteroatoms. The van der Waals surface area contributed by atoms with E-state index in [0.29, 0.717) is 10.7 Å². The summed E-state index contributed by atoms with van der Waals surface area (Å²) in [5.74, 6) is 0. The molecule has 1 heterocycles. The zero-order valence-corrected chi connectivity index (χ0v) is 6.99. The summed E-state index contributed by atoms with van der Waals surface area (Å²) < 4.78 is 8.01. The van der Waals surface area contributed by atoms with Crippen LogP contribution in [0.25, 0.3) is 11.0 Å². The van der Waals surface area contributed by atoms with Crippen LogP contribution in [0, 0.1) is 0 Å². The van der Waals surface area contributed by atoms with E-state index in [4.69, 9.17) is 17.3 Å². The maximum Gasteiger partial charge on any atom is 0.127 e. The maximum absolute atomic E-state index is 5.74. The van der Waals surface area contributed by atoms with Crippen molar-refractivity contribution in [1.82, 2.24) is 8.75 Å². The van der Waals surface area contributed by atoms with Gasteiger partial charge in [0.25, 0.3) is 0 Å². The standard InChI is InChI=1S/C6H4ClN3S/c7-3-1-4(8)6-5(2-3)9-11-10-6/h1-2H,8H2. The van der Waals surface area contributed by atoms with E-state index in [-0.39, 0.29) is 0 Å². The first-order valence-corrected chi connectivity index (χ1v) is 4.05. The van der Waals surface area contributed by atoms with Gasteiger partial charge in [0.15, 0.2) is 0 Å². The summed E-state index contributed by atoms with van der Waals surface area (Å²) in [5, 5.41) is 0.600. The number of anilines is 1. The second-order valence-corrected chi connectivity index (χ2v) is 3.09. The first-order valence-electron chi connectivity index (χ1n) is 2.94. The van der Waals surface area contributed by atoms with E-state index in [1.807, 2.05) is 0 Å². The Hall–Kier alpha value is -0.870. The topological polar surface area (TPSA) is 51.8 Å². The Morgan fingerprint density at radius 3 is 3.00 bits per heavy atom. The lowest BCUT2D eigenvalue weighted by atomic mass is 10.3. The minimum Gasteiger partial charge on any atom is -0.397 e. The summed E-state index contributed by atoms with van der Waals surface area (Å²) in [6, 6.07) is 3.42. The summed E-state index contributed by atoms with van der Waals surface area (Å²) >= 11 is 6.87. The molecule has 0 aliphatic heterocycles. The highest BCUT2D eigenvalue weighted by molar-refractivity contribution is 7.00. The summed E-state index contributed by atoms with van der Waals surface area (Å²) in [6.45, 7) is 0. The first kappa shape index (κ1) is 6.82. The van der Waals surface area contributed by atoms with Crippen molar-refractivity contribution in [2.75, 3.05) is 5.73 Å². The Bertz CT molecular complexity index is 398. The van der Waals surface area contributed by atoms with Gasteiger partial charge in [-0.05, 0) is 12.1 Å². The van der Waals surface area contributed by atoms with Crippen LogP contribution in [-0.4, -0.2) is 8.75 Å². The third-order valence-electron chi connectivity index (χ3n) is 1.36. The molecule has 0 unspecified atom stereocenters. The average Bonchev–Trinajstić information content (AvgIpc) is 2.34. The molecule has 56 valence electrons. The molecule has 0 fully saturated rings. The van der Waals surface area contributed by atoms with E-state index in [0.717, 1.165) is 22.8 Å². The molecule has 0 bridgehead atoms. The van der Waals surface area contributed by atoms with Gasteiger partial charge in [-0.1, -0.05) is 11.6 Å². The Morgan fingerprint density at radius 1 is 1.36 bits per heavy atom. The summed E-state index contributed by atoms with van der Waals surface area (Å²) in [5.41, 5.74) is 7.71. The number of aromatic nitrogens is 2. The molecule has 2 aromatic rings. The molecule has 0 aliphatic rings. The fraction of sp³-hybridized carbons (Fsp3) is 0. The largest absolute Gasteiger partial charge is 0.397 e. The van der Waals surface area contributed by atoms with Gasteiger partial charge in [-0.3, -0.25) is 0 Å². The summed E-state index contributed by atoms with van der Waals surface area (Å²) in [4.78, 5) is 0. The minimum atomic E-state index is 0.584. The van der Waals surface area contributed by atoms with Crippen molar-refractivity contribution in [2.45, 2.75) is 0 Å². The maximum atomic E-state index is 5.74. The first-order chi connectivity index (χ1) is 5.27. The molecule has 3 nitrogen and oxygen atoms in total. The number of hydrogen-bond donors (Lipinski definition) is 1. The zero-order chi connectivity index (χ0) is 7.84. The lowest BCUT2D eigenvalue weighted by Gasteiger charge is -1.93. The molecule has 0 radical (unpaired) electrons. The van der Waals surface area contributed by atoms with Gasteiger partial charge >= 0.3 is 0 Å². The van der Waals surface area contributed by atoms with Crippen molar-refractivity contribution in [3.05, 3.63) is 17.2 Å². The van der Waals surface area contributed by atoms with E-state index < -0.39 is 0 Å². The van der Waals surface area contributed by atoms with Gasteiger partial charge in [0.05, 0.1) is 17.4 Å². The normalized spacial score (nSPS) is 10.6. The van der Waals surface area contributed by atoms with Gasteiger partial charge in [-0.25, -0.2) is 0 Å². The number of nitrogens with zero attached hydrogens (tertiary/aromatic N) is 2. The van der Waals surface area contributed by atoms with Crippen molar-refractivity contribution in [3.8, 4) is 0 Å². The Morgan fingerprint density at radius 2 is 2.18 bits per heavy atom. The molecule has 2 rings (SSSR count). The van der Waals surface area contributed by atoms with Crippen molar-refractivity contribution < 1.29 is 0 Å². The Labute approximate surface area is 72.1 Å². The monoisotopic (exact) mass is 185 g/mol. The third-order valence-corrected chi connectivity index (χ3v) is 2.12. The lowest BCUT2D eigenvalue weighted by Crippen LogP contribution is -1.85. The van der Waals surface area contributed by atoms with E-state index >= 15 is 0 Å². The highest BCUT2D eigenvalue weighted by Gasteiger charge is 2.02. The van der Waals surface area contributed by atoms with Gasteiger partial charge in [0, 0.05) is 5.02 Å². The van der Waals surface area contributed by atoms with Crippen LogP contribution in [0.4, 0.5) is 5.69 Å². The second kappa shape index (κ2) is 2.32. The van der Waals surface area contributed by atoms with Crippen LogP contribution >= 0.6 is 23.3 Å². The van der Waals surface area contributed by atoms with Crippen LogP contribution in [0.3, 0.4) is 0 Å². The van der Waals surface area contributed by atoms with Gasteiger partial charge in [-0.15, -0.1) is 0 Å². The molecule has 1 aromatic heterocycles. The quantitative estimate of drug-likeness (QED) is 0.638. The van der Waals surface area contributed by atoms with E-state index in [1.165, 1.54) is 0 Å². The summed E-state index contributed by atoms with van der Waals surface area (Å²) in [7, 11) is 0. The molecule has 11 heavy (non-hydrogen) atoms. The summed E-state index contributed by atoms with van der Waals surface area (Å²) in [6.07, 6.45) is 0. The van der Waals surface area contributed by atoms with Crippen LogP contribution in [0.1, 0.15) is 0 Å². The molecule has 0 atom stereocenters. The predicted octanol–water partition coefficient (Wildman–Crippen LogP) is 1.93. The van der Waals surface area contributed by atoms with Crippen LogP contribution in [0.5, 0.6) is 0 Å². The second-order valence-electron chi connectivity index (χ2n) is 2.13. The van der Waals surface area contributed by atoms with Crippen molar-refractivity contribution in [2.24, 2.45) is 0 Å². The molecule has 0 saturated heterocycles. The predicted molar refractivity (Wildman–Crippen MR) is 46.8 cm³/mol. The third kappa shape index (κ3) is 1.04. The minimum absolute atomic E-state index is 0.584. The van der Waals surface area contributed by atoms with E-state index in [2.05, 4.69) is 8.75 Å². The van der Waals surface area contributed by atoms with E-state index in [1.54, 1.807) is 12.1 Å². The highest BCUT2D eigenvalue weighted by atomic mass is 35.5. The molecule has 0 amide bonds. The molecule has 0 aliphatic carbocycles. The lowest BCUT2D eigenvalue weighted by molar-refractivity contribution is 1.63.